The summed E-state index contributed by atoms with van der Waals surface area (Å²) in [6.07, 6.45) is 0.798. The Kier molecular flexibility index (Phi) is 4.80. The standard InChI is InChI=1S/C15H19IN2O2/c1-15(14(20)17-2)7-8-18(10-15)9-13(19)11-3-5-12(16)6-4-11/h3-6H,7-10H2,1-2H3,(H,17,20). The summed E-state index contributed by atoms with van der Waals surface area (Å²) in [7, 11) is 1.66. The summed E-state index contributed by atoms with van der Waals surface area (Å²) in [4.78, 5) is 26.1. The number of amides is 1. The molecule has 1 heterocycles. The van der Waals surface area contributed by atoms with E-state index in [4.69, 9.17) is 0 Å². The fraction of sp³-hybridized carbons (Fsp3) is 0.467. The average molecular weight is 386 g/mol. The van der Waals surface area contributed by atoms with E-state index in [1.807, 2.05) is 31.2 Å². The van der Waals surface area contributed by atoms with Crippen LogP contribution in [-0.4, -0.2) is 43.3 Å². The predicted octanol–water partition coefficient (Wildman–Crippen LogP) is 1.93. The maximum atomic E-state index is 12.2. The third-order valence-corrected chi connectivity index (χ3v) is 4.58. The predicted molar refractivity (Wildman–Crippen MR) is 86.7 cm³/mol. The van der Waals surface area contributed by atoms with Crippen molar-refractivity contribution in [3.63, 3.8) is 0 Å². The average Bonchev–Trinajstić information content (AvgIpc) is 2.81. The number of benzene rings is 1. The van der Waals surface area contributed by atoms with Gasteiger partial charge >= 0.3 is 0 Å². The normalized spacial score (nSPS) is 22.8. The second-order valence-corrected chi connectivity index (χ2v) is 6.78. The number of carbonyl (C=O) groups is 2. The summed E-state index contributed by atoms with van der Waals surface area (Å²) in [6, 6.07) is 7.59. The van der Waals surface area contributed by atoms with Crippen LogP contribution in [0.3, 0.4) is 0 Å². The molecule has 108 valence electrons. The highest BCUT2D eigenvalue weighted by molar-refractivity contribution is 14.1. The quantitative estimate of drug-likeness (QED) is 0.636. The third-order valence-electron chi connectivity index (χ3n) is 3.86. The third kappa shape index (κ3) is 3.38. The molecular formula is C15H19IN2O2. The molecule has 0 aromatic heterocycles. The minimum Gasteiger partial charge on any atom is -0.359 e. The van der Waals surface area contributed by atoms with Crippen LogP contribution in [0.1, 0.15) is 23.7 Å². The molecule has 1 N–H and O–H groups in total. The molecule has 2 rings (SSSR count). The van der Waals surface area contributed by atoms with E-state index in [0.717, 1.165) is 22.1 Å². The van der Waals surface area contributed by atoms with E-state index < -0.39 is 0 Å². The first-order valence-corrected chi connectivity index (χ1v) is 7.76. The van der Waals surface area contributed by atoms with Crippen LogP contribution in [0.25, 0.3) is 0 Å². The van der Waals surface area contributed by atoms with E-state index >= 15 is 0 Å². The van der Waals surface area contributed by atoms with Gasteiger partial charge in [-0.15, -0.1) is 0 Å². The SMILES string of the molecule is CNC(=O)C1(C)CCN(CC(=O)c2ccc(I)cc2)C1. The zero-order chi connectivity index (χ0) is 14.8. The van der Waals surface area contributed by atoms with Crippen LogP contribution in [0.15, 0.2) is 24.3 Å². The molecule has 1 unspecified atom stereocenters. The van der Waals surface area contributed by atoms with E-state index in [-0.39, 0.29) is 17.1 Å². The largest absolute Gasteiger partial charge is 0.359 e. The van der Waals surface area contributed by atoms with Crippen molar-refractivity contribution in [2.45, 2.75) is 13.3 Å². The number of ketones is 1. The number of halogens is 1. The van der Waals surface area contributed by atoms with Crippen molar-refractivity contribution in [3.05, 3.63) is 33.4 Å². The van der Waals surface area contributed by atoms with Crippen molar-refractivity contribution in [2.75, 3.05) is 26.7 Å². The lowest BCUT2D eigenvalue weighted by Crippen LogP contribution is -2.40. The molecule has 1 aromatic rings. The summed E-state index contributed by atoms with van der Waals surface area (Å²) in [5.74, 6) is 0.171. The maximum absolute atomic E-state index is 12.2. The minimum atomic E-state index is -0.374. The van der Waals surface area contributed by atoms with Crippen LogP contribution in [-0.2, 0) is 4.79 Å². The molecule has 0 bridgehead atoms. The first-order valence-electron chi connectivity index (χ1n) is 6.68. The number of nitrogens with one attached hydrogen (secondary N) is 1. The molecule has 0 radical (unpaired) electrons. The Morgan fingerprint density at radius 3 is 2.60 bits per heavy atom. The highest BCUT2D eigenvalue weighted by atomic mass is 127. The molecule has 1 aliphatic rings. The van der Waals surface area contributed by atoms with E-state index in [0.29, 0.717) is 13.1 Å². The number of nitrogens with zero attached hydrogens (tertiary/aromatic N) is 1. The number of hydrogen-bond acceptors (Lipinski definition) is 3. The second-order valence-electron chi connectivity index (χ2n) is 5.53. The van der Waals surface area contributed by atoms with Gasteiger partial charge in [0.25, 0.3) is 0 Å². The Labute approximate surface area is 133 Å². The van der Waals surface area contributed by atoms with Gasteiger partial charge in [-0.05, 0) is 54.6 Å². The van der Waals surface area contributed by atoms with Gasteiger partial charge in [-0.2, -0.15) is 0 Å². The first kappa shape index (κ1) is 15.4. The molecule has 1 aromatic carbocycles. The molecule has 0 spiro atoms. The van der Waals surface area contributed by atoms with Crippen molar-refractivity contribution in [2.24, 2.45) is 5.41 Å². The van der Waals surface area contributed by atoms with Gasteiger partial charge in [0.15, 0.2) is 5.78 Å². The van der Waals surface area contributed by atoms with Crippen LogP contribution in [0, 0.1) is 8.99 Å². The number of carbonyl (C=O) groups excluding carboxylic acids is 2. The molecule has 1 atom stereocenters. The van der Waals surface area contributed by atoms with Crippen LogP contribution in [0.4, 0.5) is 0 Å². The zero-order valence-corrected chi connectivity index (χ0v) is 13.9. The van der Waals surface area contributed by atoms with Gasteiger partial charge in [0.05, 0.1) is 12.0 Å². The van der Waals surface area contributed by atoms with Gasteiger partial charge in [0.1, 0.15) is 0 Å². The summed E-state index contributed by atoms with van der Waals surface area (Å²) < 4.78 is 1.12. The molecule has 0 aliphatic carbocycles. The van der Waals surface area contributed by atoms with E-state index in [9.17, 15) is 9.59 Å². The lowest BCUT2D eigenvalue weighted by Gasteiger charge is -2.22. The van der Waals surface area contributed by atoms with E-state index in [1.54, 1.807) is 7.05 Å². The Morgan fingerprint density at radius 2 is 2.00 bits per heavy atom. The van der Waals surface area contributed by atoms with Crippen molar-refractivity contribution in [1.29, 1.82) is 0 Å². The van der Waals surface area contributed by atoms with Crippen LogP contribution < -0.4 is 5.32 Å². The number of likely N-dealkylation sites (tertiary alicyclic amines) is 1. The van der Waals surface area contributed by atoms with Crippen molar-refractivity contribution in [1.82, 2.24) is 10.2 Å². The van der Waals surface area contributed by atoms with Crippen molar-refractivity contribution < 1.29 is 9.59 Å². The number of rotatable bonds is 4. The maximum Gasteiger partial charge on any atom is 0.227 e. The Morgan fingerprint density at radius 1 is 1.35 bits per heavy atom. The van der Waals surface area contributed by atoms with Gasteiger partial charge in [0.2, 0.25) is 5.91 Å². The molecular weight excluding hydrogens is 367 g/mol. The van der Waals surface area contributed by atoms with Crippen LogP contribution in [0.5, 0.6) is 0 Å². The Balaban J connectivity index is 1.97. The lowest BCUT2D eigenvalue weighted by molar-refractivity contribution is -0.129. The molecule has 0 saturated carbocycles. The highest BCUT2D eigenvalue weighted by Crippen LogP contribution is 2.30. The summed E-state index contributed by atoms with van der Waals surface area (Å²) in [5.41, 5.74) is 0.361. The Bertz CT molecular complexity index is 515. The molecule has 4 nitrogen and oxygen atoms in total. The topological polar surface area (TPSA) is 49.4 Å². The fourth-order valence-corrected chi connectivity index (χ4v) is 2.97. The van der Waals surface area contributed by atoms with Gasteiger partial charge in [-0.25, -0.2) is 0 Å². The van der Waals surface area contributed by atoms with E-state index in [2.05, 4.69) is 32.8 Å². The molecule has 20 heavy (non-hydrogen) atoms. The van der Waals surface area contributed by atoms with Gasteiger partial charge in [-0.1, -0.05) is 12.1 Å². The summed E-state index contributed by atoms with van der Waals surface area (Å²) in [6.45, 7) is 3.77. The molecule has 1 amide bonds. The zero-order valence-electron chi connectivity index (χ0n) is 11.8. The highest BCUT2D eigenvalue weighted by Gasteiger charge is 2.40. The molecule has 5 heteroatoms. The van der Waals surface area contributed by atoms with Gasteiger partial charge in [0, 0.05) is 22.7 Å². The monoisotopic (exact) mass is 386 g/mol. The first-order chi connectivity index (χ1) is 9.44. The smallest absolute Gasteiger partial charge is 0.227 e. The van der Waals surface area contributed by atoms with Crippen LogP contribution in [0.2, 0.25) is 0 Å². The number of hydrogen-bond donors (Lipinski definition) is 1. The summed E-state index contributed by atoms with van der Waals surface area (Å²) in [5, 5.41) is 2.71. The second kappa shape index (κ2) is 6.22. The molecule has 1 fully saturated rings. The van der Waals surface area contributed by atoms with Crippen molar-refractivity contribution in [3.8, 4) is 0 Å². The molecule has 1 saturated heterocycles. The summed E-state index contributed by atoms with van der Waals surface area (Å²) >= 11 is 2.22. The fourth-order valence-electron chi connectivity index (χ4n) is 2.61. The number of Topliss-reactive ketones (excluding diaryl/α,β-unsaturated/α-hetero) is 1. The van der Waals surface area contributed by atoms with Crippen LogP contribution >= 0.6 is 22.6 Å². The minimum absolute atomic E-state index is 0.0571. The lowest BCUT2D eigenvalue weighted by atomic mass is 9.89. The van der Waals surface area contributed by atoms with E-state index in [1.165, 1.54) is 0 Å². The van der Waals surface area contributed by atoms with Gasteiger partial charge < -0.3 is 5.32 Å². The Hall–Kier alpha value is -0.950. The molecule has 1 aliphatic heterocycles. The van der Waals surface area contributed by atoms with Gasteiger partial charge in [-0.3, -0.25) is 14.5 Å². The van der Waals surface area contributed by atoms with Crippen molar-refractivity contribution >= 4 is 34.3 Å².